The monoisotopic (exact) mass is 297 g/mol. The zero-order chi connectivity index (χ0) is 14.4. The lowest BCUT2D eigenvalue weighted by atomic mass is 10.1. The van der Waals surface area contributed by atoms with E-state index in [4.69, 9.17) is 0 Å². The molecule has 5 nitrogen and oxygen atoms in total. The Bertz CT molecular complexity index is 508. The molecule has 0 aromatic heterocycles. The van der Waals surface area contributed by atoms with Crippen LogP contribution in [0.1, 0.15) is 24.8 Å². The lowest BCUT2D eigenvalue weighted by molar-refractivity contribution is 0.334. The molecule has 2 N–H and O–H groups in total. The maximum absolute atomic E-state index is 11.3. The average molecular weight is 297 g/mol. The Labute approximate surface area is 121 Å². The van der Waals surface area contributed by atoms with Crippen molar-refractivity contribution >= 4 is 15.9 Å². The molecule has 1 heterocycles. The highest BCUT2D eigenvalue weighted by Crippen LogP contribution is 2.13. The zero-order valence-electron chi connectivity index (χ0n) is 11.9. The molecule has 0 radical (unpaired) electrons. The van der Waals surface area contributed by atoms with E-state index in [9.17, 15) is 8.42 Å². The van der Waals surface area contributed by atoms with Crippen LogP contribution in [-0.2, 0) is 16.6 Å². The van der Waals surface area contributed by atoms with Gasteiger partial charge in [0.25, 0.3) is 10.2 Å². The van der Waals surface area contributed by atoms with Crippen molar-refractivity contribution in [1.82, 2.24) is 9.62 Å². The van der Waals surface area contributed by atoms with E-state index in [0.717, 1.165) is 19.4 Å². The molecule has 1 aromatic rings. The number of nitrogens with one attached hydrogen (secondary N) is 2. The lowest BCUT2D eigenvalue weighted by Crippen LogP contribution is -2.26. The van der Waals surface area contributed by atoms with Gasteiger partial charge < -0.3 is 4.90 Å². The number of hydrogen-bond donors (Lipinski definition) is 2. The molecule has 0 unspecified atom stereocenters. The van der Waals surface area contributed by atoms with Gasteiger partial charge in [0.2, 0.25) is 0 Å². The Morgan fingerprint density at radius 3 is 2.40 bits per heavy atom. The van der Waals surface area contributed by atoms with Crippen LogP contribution in [0.4, 0.5) is 5.69 Å². The van der Waals surface area contributed by atoms with E-state index in [1.807, 2.05) is 12.1 Å². The highest BCUT2D eigenvalue weighted by atomic mass is 32.2. The Balaban J connectivity index is 1.79. The van der Waals surface area contributed by atoms with Crippen LogP contribution in [0.15, 0.2) is 24.3 Å². The summed E-state index contributed by atoms with van der Waals surface area (Å²) in [6.45, 7) is 3.64. The second-order valence-corrected chi connectivity index (χ2v) is 6.78. The Hall–Kier alpha value is -1.11. The molecular weight excluding hydrogens is 274 g/mol. The molecule has 1 aliphatic heterocycles. The third kappa shape index (κ3) is 4.77. The number of nitrogens with zero attached hydrogens (tertiary/aromatic N) is 1. The van der Waals surface area contributed by atoms with E-state index in [0.29, 0.717) is 5.69 Å². The van der Waals surface area contributed by atoms with Gasteiger partial charge in [-0.05, 0) is 63.0 Å². The number of anilines is 1. The van der Waals surface area contributed by atoms with E-state index < -0.39 is 10.2 Å². The fourth-order valence-corrected chi connectivity index (χ4v) is 3.01. The number of hydrogen-bond acceptors (Lipinski definition) is 3. The topological polar surface area (TPSA) is 61.4 Å². The largest absolute Gasteiger partial charge is 0.303 e. The van der Waals surface area contributed by atoms with E-state index in [2.05, 4.69) is 14.3 Å². The van der Waals surface area contributed by atoms with Gasteiger partial charge in [-0.15, -0.1) is 0 Å². The highest BCUT2D eigenvalue weighted by Gasteiger charge is 2.10. The Kier molecular flexibility index (Phi) is 5.39. The maximum atomic E-state index is 11.3. The summed E-state index contributed by atoms with van der Waals surface area (Å²) in [7, 11) is -2.04. The number of likely N-dealkylation sites (tertiary alicyclic amines) is 1. The van der Waals surface area contributed by atoms with Gasteiger partial charge in [0.05, 0.1) is 0 Å². The van der Waals surface area contributed by atoms with Crippen molar-refractivity contribution in [3.05, 3.63) is 29.8 Å². The lowest BCUT2D eigenvalue weighted by Gasteiger charge is -2.14. The number of aryl methyl sites for hydroxylation is 1. The van der Waals surface area contributed by atoms with Crippen molar-refractivity contribution in [3.8, 4) is 0 Å². The molecule has 20 heavy (non-hydrogen) atoms. The second-order valence-electron chi connectivity index (χ2n) is 5.16. The molecular formula is C14H23N3O2S. The summed E-state index contributed by atoms with van der Waals surface area (Å²) in [5.41, 5.74) is 1.83. The Morgan fingerprint density at radius 2 is 1.80 bits per heavy atom. The first kappa shape index (κ1) is 15.3. The number of benzene rings is 1. The van der Waals surface area contributed by atoms with Crippen molar-refractivity contribution in [2.45, 2.75) is 25.7 Å². The van der Waals surface area contributed by atoms with Crippen LogP contribution >= 0.6 is 0 Å². The van der Waals surface area contributed by atoms with Crippen LogP contribution in [-0.4, -0.2) is 40.0 Å². The maximum Gasteiger partial charge on any atom is 0.298 e. The van der Waals surface area contributed by atoms with Gasteiger partial charge in [0.1, 0.15) is 0 Å². The van der Waals surface area contributed by atoms with Crippen LogP contribution < -0.4 is 9.44 Å². The van der Waals surface area contributed by atoms with E-state index in [-0.39, 0.29) is 0 Å². The van der Waals surface area contributed by atoms with Gasteiger partial charge in [-0.2, -0.15) is 8.42 Å². The van der Waals surface area contributed by atoms with Gasteiger partial charge in [-0.1, -0.05) is 12.1 Å². The molecule has 0 atom stereocenters. The minimum atomic E-state index is -3.42. The van der Waals surface area contributed by atoms with Crippen LogP contribution in [0.3, 0.4) is 0 Å². The van der Waals surface area contributed by atoms with Crippen molar-refractivity contribution in [3.63, 3.8) is 0 Å². The van der Waals surface area contributed by atoms with E-state index in [1.165, 1.54) is 38.5 Å². The standard InChI is InChI=1S/C14H23N3O2S/c1-15-20(18,19)16-14-8-6-13(7-9-14)5-4-12-17-10-2-3-11-17/h6-9,15-16H,2-5,10-12H2,1H3. The minimum Gasteiger partial charge on any atom is -0.303 e. The molecule has 0 amide bonds. The van der Waals surface area contributed by atoms with Gasteiger partial charge in [-0.25, -0.2) is 4.72 Å². The summed E-state index contributed by atoms with van der Waals surface area (Å²) in [6.07, 6.45) is 4.86. The van der Waals surface area contributed by atoms with Crippen LogP contribution in [0.25, 0.3) is 0 Å². The molecule has 1 aliphatic rings. The predicted octanol–water partition coefficient (Wildman–Crippen LogP) is 1.59. The van der Waals surface area contributed by atoms with Gasteiger partial charge in [0, 0.05) is 12.7 Å². The minimum absolute atomic E-state index is 0.586. The third-order valence-electron chi connectivity index (χ3n) is 3.61. The van der Waals surface area contributed by atoms with Crippen molar-refractivity contribution < 1.29 is 8.42 Å². The SMILES string of the molecule is CNS(=O)(=O)Nc1ccc(CCCN2CCCC2)cc1. The van der Waals surface area contributed by atoms with Gasteiger partial charge >= 0.3 is 0 Å². The first-order chi connectivity index (χ1) is 9.59. The third-order valence-corrected chi connectivity index (χ3v) is 4.66. The molecule has 1 fully saturated rings. The van der Waals surface area contributed by atoms with Crippen molar-refractivity contribution in [1.29, 1.82) is 0 Å². The fraction of sp³-hybridized carbons (Fsp3) is 0.571. The summed E-state index contributed by atoms with van der Waals surface area (Å²) in [6, 6.07) is 7.58. The van der Waals surface area contributed by atoms with E-state index in [1.54, 1.807) is 12.1 Å². The van der Waals surface area contributed by atoms with Crippen molar-refractivity contribution in [2.75, 3.05) is 31.4 Å². The van der Waals surface area contributed by atoms with Gasteiger partial charge in [0.15, 0.2) is 0 Å². The fourth-order valence-electron chi connectivity index (χ4n) is 2.46. The molecule has 2 rings (SSSR count). The first-order valence-corrected chi connectivity index (χ1v) is 8.60. The van der Waals surface area contributed by atoms with Crippen LogP contribution in [0.2, 0.25) is 0 Å². The Morgan fingerprint density at radius 1 is 1.15 bits per heavy atom. The molecule has 1 saturated heterocycles. The van der Waals surface area contributed by atoms with E-state index >= 15 is 0 Å². The smallest absolute Gasteiger partial charge is 0.298 e. The molecule has 0 aliphatic carbocycles. The summed E-state index contributed by atoms with van der Waals surface area (Å²) >= 11 is 0. The van der Waals surface area contributed by atoms with Crippen LogP contribution in [0.5, 0.6) is 0 Å². The number of rotatable bonds is 7. The molecule has 6 heteroatoms. The summed E-state index contributed by atoms with van der Waals surface area (Å²) in [5.74, 6) is 0. The summed E-state index contributed by atoms with van der Waals surface area (Å²) < 4.78 is 27.4. The van der Waals surface area contributed by atoms with Gasteiger partial charge in [-0.3, -0.25) is 4.72 Å². The predicted molar refractivity (Wildman–Crippen MR) is 82.0 cm³/mol. The normalized spacial score (nSPS) is 16.4. The molecule has 0 bridgehead atoms. The average Bonchev–Trinajstić information content (AvgIpc) is 2.94. The molecule has 1 aromatic carbocycles. The van der Waals surface area contributed by atoms with Crippen molar-refractivity contribution in [2.24, 2.45) is 0 Å². The van der Waals surface area contributed by atoms with Crippen LogP contribution in [0, 0.1) is 0 Å². The molecule has 112 valence electrons. The quantitative estimate of drug-likeness (QED) is 0.803. The highest BCUT2D eigenvalue weighted by molar-refractivity contribution is 7.90. The second kappa shape index (κ2) is 7.06. The molecule has 0 spiro atoms. The summed E-state index contributed by atoms with van der Waals surface area (Å²) in [5, 5.41) is 0. The summed E-state index contributed by atoms with van der Waals surface area (Å²) in [4.78, 5) is 2.51. The zero-order valence-corrected chi connectivity index (χ0v) is 12.7. The first-order valence-electron chi connectivity index (χ1n) is 7.12. The molecule has 0 saturated carbocycles.